The molecule has 3 N–H and O–H groups in total. The fraction of sp³-hybridized carbons (Fsp3) is 0.500. The van der Waals surface area contributed by atoms with Gasteiger partial charge in [0, 0.05) is 17.3 Å². The minimum atomic E-state index is -3.84. The van der Waals surface area contributed by atoms with Crippen molar-refractivity contribution in [2.45, 2.75) is 49.7 Å². The lowest BCUT2D eigenvalue weighted by Gasteiger charge is -2.41. The molecule has 0 radical (unpaired) electrons. The lowest BCUT2D eigenvalue weighted by atomic mass is 9.75. The summed E-state index contributed by atoms with van der Waals surface area (Å²) in [5.41, 5.74) is -1.69. The number of nitrogens with one attached hydrogen (secondary N) is 2. The van der Waals surface area contributed by atoms with E-state index in [9.17, 15) is 23.5 Å². The van der Waals surface area contributed by atoms with Crippen LogP contribution in [0.2, 0.25) is 0 Å². The molecule has 0 atom stereocenters. The number of alkyl halides is 2. The number of hydrogen-bond acceptors (Lipinski definition) is 3. The van der Waals surface area contributed by atoms with Gasteiger partial charge in [-0.1, -0.05) is 0 Å². The van der Waals surface area contributed by atoms with E-state index in [2.05, 4.69) is 10.6 Å². The van der Waals surface area contributed by atoms with E-state index in [1.807, 2.05) is 0 Å². The largest absolute Gasteiger partial charge is 0.383 e. The number of rotatable bonds is 5. The van der Waals surface area contributed by atoms with Crippen molar-refractivity contribution < 1.29 is 23.5 Å². The van der Waals surface area contributed by atoms with Gasteiger partial charge in [0.2, 0.25) is 0 Å². The van der Waals surface area contributed by atoms with E-state index in [1.54, 1.807) is 0 Å². The van der Waals surface area contributed by atoms with Gasteiger partial charge in [-0.3, -0.25) is 9.59 Å². The second-order valence-corrected chi connectivity index (χ2v) is 6.24. The van der Waals surface area contributed by atoms with Crippen LogP contribution < -0.4 is 10.6 Å². The van der Waals surface area contributed by atoms with Crippen molar-refractivity contribution in [3.63, 3.8) is 0 Å². The molecule has 0 aliphatic heterocycles. The number of hydrogen-bond donors (Lipinski definition) is 3. The van der Waals surface area contributed by atoms with Gasteiger partial charge in [-0.2, -0.15) is 8.78 Å². The second-order valence-electron chi connectivity index (χ2n) is 6.24. The Morgan fingerprint density at radius 3 is 2.26 bits per heavy atom. The van der Waals surface area contributed by atoms with Crippen LogP contribution in [-0.4, -0.2) is 34.5 Å². The highest BCUT2D eigenvalue weighted by molar-refractivity contribution is 5.98. The van der Waals surface area contributed by atoms with E-state index < -0.39 is 17.4 Å². The SMILES string of the molecule is O=C(NC1CC1)c1ccc(NC(=O)C(F)(F)C2(O)CCC2)cc1. The molecule has 2 aliphatic carbocycles. The zero-order chi connectivity index (χ0) is 16.7. The van der Waals surface area contributed by atoms with E-state index in [1.165, 1.54) is 24.3 Å². The Morgan fingerprint density at radius 1 is 1.17 bits per heavy atom. The molecule has 0 bridgehead atoms. The number of benzene rings is 1. The molecular formula is C16H18F2N2O3. The Bertz CT molecular complexity index is 623. The first-order chi connectivity index (χ1) is 10.8. The average molecular weight is 324 g/mol. The van der Waals surface area contributed by atoms with Crippen LogP contribution in [0.25, 0.3) is 0 Å². The van der Waals surface area contributed by atoms with Crippen LogP contribution in [-0.2, 0) is 4.79 Å². The molecule has 2 aliphatic rings. The first-order valence-corrected chi connectivity index (χ1v) is 7.64. The summed E-state index contributed by atoms with van der Waals surface area (Å²) in [6.07, 6.45) is 2.24. The molecule has 2 saturated carbocycles. The first kappa shape index (κ1) is 15.9. The predicted molar refractivity (Wildman–Crippen MR) is 79.3 cm³/mol. The molecule has 5 nitrogen and oxygen atoms in total. The normalized spacial score (nSPS) is 19.6. The number of carbonyl (C=O) groups is 2. The highest BCUT2D eigenvalue weighted by Gasteiger charge is 2.61. The molecule has 0 spiro atoms. The van der Waals surface area contributed by atoms with Crippen LogP contribution in [0.3, 0.4) is 0 Å². The Balaban J connectivity index is 1.63. The predicted octanol–water partition coefficient (Wildman–Crippen LogP) is 2.07. The summed E-state index contributed by atoms with van der Waals surface area (Å²) < 4.78 is 27.9. The summed E-state index contributed by atoms with van der Waals surface area (Å²) in [7, 11) is 0. The average Bonchev–Trinajstić information content (AvgIpc) is 3.29. The molecule has 2 amide bonds. The summed E-state index contributed by atoms with van der Waals surface area (Å²) in [6.45, 7) is 0. The van der Waals surface area contributed by atoms with Gasteiger partial charge in [0.1, 0.15) is 5.60 Å². The Morgan fingerprint density at radius 2 is 1.78 bits per heavy atom. The molecule has 0 saturated heterocycles. The zero-order valence-corrected chi connectivity index (χ0v) is 12.4. The number of halogens is 2. The standard InChI is InChI=1S/C16H18F2N2O3/c17-16(18,15(23)8-1-9-15)14(22)20-12-4-2-10(3-5-12)13(21)19-11-6-7-11/h2-5,11,23H,1,6-9H2,(H,19,21)(H,20,22). The zero-order valence-electron chi connectivity index (χ0n) is 12.4. The van der Waals surface area contributed by atoms with Crippen molar-refractivity contribution in [2.75, 3.05) is 5.32 Å². The van der Waals surface area contributed by atoms with Gasteiger partial charge in [-0.25, -0.2) is 0 Å². The molecule has 0 unspecified atom stereocenters. The number of amides is 2. The quantitative estimate of drug-likeness (QED) is 0.776. The monoisotopic (exact) mass is 324 g/mol. The molecular weight excluding hydrogens is 306 g/mol. The fourth-order valence-corrected chi connectivity index (χ4v) is 2.45. The van der Waals surface area contributed by atoms with Crippen LogP contribution in [0.1, 0.15) is 42.5 Å². The molecule has 2 fully saturated rings. The summed E-state index contributed by atoms with van der Waals surface area (Å²) in [6, 6.07) is 5.93. The van der Waals surface area contributed by atoms with Crippen LogP contribution in [0.15, 0.2) is 24.3 Å². The number of aliphatic hydroxyl groups is 1. The van der Waals surface area contributed by atoms with Crippen LogP contribution >= 0.6 is 0 Å². The molecule has 0 aromatic heterocycles. The highest BCUT2D eigenvalue weighted by atomic mass is 19.3. The third kappa shape index (κ3) is 3.06. The Labute approximate surface area is 132 Å². The Kier molecular flexibility index (Phi) is 3.83. The number of anilines is 1. The lowest BCUT2D eigenvalue weighted by Crippen LogP contribution is -2.59. The van der Waals surface area contributed by atoms with Crippen LogP contribution in [0, 0.1) is 0 Å². The molecule has 124 valence electrons. The van der Waals surface area contributed by atoms with Crippen molar-refractivity contribution in [1.29, 1.82) is 0 Å². The van der Waals surface area contributed by atoms with Gasteiger partial charge in [0.05, 0.1) is 0 Å². The van der Waals surface area contributed by atoms with E-state index in [0.29, 0.717) is 12.0 Å². The molecule has 1 aromatic carbocycles. The van der Waals surface area contributed by atoms with Crippen molar-refractivity contribution in [3.8, 4) is 0 Å². The number of carbonyl (C=O) groups excluding carboxylic acids is 2. The summed E-state index contributed by atoms with van der Waals surface area (Å²) in [5.74, 6) is -5.60. The second kappa shape index (κ2) is 5.56. The highest BCUT2D eigenvalue weighted by Crippen LogP contribution is 2.44. The van der Waals surface area contributed by atoms with Crippen LogP contribution in [0.4, 0.5) is 14.5 Å². The molecule has 7 heteroatoms. The topological polar surface area (TPSA) is 78.4 Å². The van der Waals surface area contributed by atoms with Crippen molar-refractivity contribution >= 4 is 17.5 Å². The van der Waals surface area contributed by atoms with Gasteiger partial charge in [-0.15, -0.1) is 0 Å². The fourth-order valence-electron chi connectivity index (χ4n) is 2.45. The van der Waals surface area contributed by atoms with Gasteiger partial charge < -0.3 is 15.7 Å². The maximum absolute atomic E-state index is 14.0. The Hall–Kier alpha value is -2.02. The van der Waals surface area contributed by atoms with E-state index in [-0.39, 0.29) is 30.5 Å². The van der Waals surface area contributed by atoms with Crippen molar-refractivity contribution in [2.24, 2.45) is 0 Å². The van der Waals surface area contributed by atoms with Gasteiger partial charge >= 0.3 is 5.92 Å². The third-order valence-electron chi connectivity index (χ3n) is 4.37. The molecule has 0 heterocycles. The lowest BCUT2D eigenvalue weighted by molar-refractivity contribution is -0.212. The van der Waals surface area contributed by atoms with Crippen LogP contribution in [0.5, 0.6) is 0 Å². The summed E-state index contributed by atoms with van der Waals surface area (Å²) >= 11 is 0. The van der Waals surface area contributed by atoms with Gasteiger partial charge in [-0.05, 0) is 56.4 Å². The van der Waals surface area contributed by atoms with Gasteiger partial charge in [0.15, 0.2) is 0 Å². The first-order valence-electron chi connectivity index (χ1n) is 7.64. The maximum atomic E-state index is 14.0. The molecule has 23 heavy (non-hydrogen) atoms. The molecule has 1 aromatic rings. The summed E-state index contributed by atoms with van der Waals surface area (Å²) in [5, 5.41) is 14.6. The smallest absolute Gasteiger partial charge is 0.352 e. The van der Waals surface area contributed by atoms with Crippen molar-refractivity contribution in [1.82, 2.24) is 5.32 Å². The summed E-state index contributed by atoms with van der Waals surface area (Å²) in [4.78, 5) is 23.6. The van der Waals surface area contributed by atoms with E-state index in [0.717, 1.165) is 12.8 Å². The van der Waals surface area contributed by atoms with E-state index in [4.69, 9.17) is 0 Å². The minimum Gasteiger partial charge on any atom is -0.383 e. The van der Waals surface area contributed by atoms with E-state index >= 15 is 0 Å². The molecule has 3 rings (SSSR count). The minimum absolute atomic E-state index is 0.0896. The van der Waals surface area contributed by atoms with Gasteiger partial charge in [0.25, 0.3) is 11.8 Å². The third-order valence-corrected chi connectivity index (χ3v) is 4.37. The van der Waals surface area contributed by atoms with Crippen molar-refractivity contribution in [3.05, 3.63) is 29.8 Å². The maximum Gasteiger partial charge on any atom is 0.352 e.